The van der Waals surface area contributed by atoms with E-state index in [0.717, 1.165) is 11.4 Å². The third-order valence-electron chi connectivity index (χ3n) is 15.2. The van der Waals surface area contributed by atoms with Crippen LogP contribution in [0.5, 0.6) is 0 Å². The fourth-order valence-corrected chi connectivity index (χ4v) is 12.5. The molecule has 14 rings (SSSR count). The lowest BCUT2D eigenvalue weighted by molar-refractivity contribution is 0.662. The van der Waals surface area contributed by atoms with Crippen molar-refractivity contribution in [2.45, 2.75) is 24.7 Å². The molecular weight excluding hydrogens is 783 g/mol. The molecule has 11 aromatic rings. The van der Waals surface area contributed by atoms with Crippen LogP contribution in [0.25, 0.3) is 77.5 Å². The minimum absolute atomic E-state index is 0.0699. The lowest BCUT2D eigenvalue weighted by Crippen LogP contribution is -2.25. The Kier molecular flexibility index (Phi) is 7.45. The molecule has 0 saturated heterocycles. The standard InChI is InChI=1S/C64H43N/c1-63(2)58-30-16-17-41-32-33-42-37-40(38-59(63)61(42)60(41)58)31-35-47-45-20-6-8-25-51(45)62(52-26-9-7-21-46(47)52)65(43-18-4-3-5-19-43)44-34-36-57-53(39-44)50-24-12-15-29-56(50)64(57)54-27-13-10-22-48(54)49-23-11-14-28-55(49)64/h3-39H,1-2H3. The second-order valence-electron chi connectivity index (χ2n) is 18.7. The molecule has 1 spiro atoms. The Bertz CT molecular complexity index is 3760. The summed E-state index contributed by atoms with van der Waals surface area (Å²) >= 11 is 0. The highest BCUT2D eigenvalue weighted by atomic mass is 15.1. The van der Waals surface area contributed by atoms with Crippen LogP contribution in [0.4, 0.5) is 17.1 Å². The van der Waals surface area contributed by atoms with E-state index >= 15 is 0 Å². The predicted octanol–water partition coefficient (Wildman–Crippen LogP) is 16.9. The molecule has 0 aliphatic heterocycles. The smallest absolute Gasteiger partial charge is 0.0725 e. The van der Waals surface area contributed by atoms with Crippen LogP contribution in [0.2, 0.25) is 0 Å². The first-order valence-corrected chi connectivity index (χ1v) is 22.9. The molecule has 1 heteroatoms. The fraction of sp³-hybridized carbons (Fsp3) is 0.0625. The fourth-order valence-electron chi connectivity index (χ4n) is 12.5. The molecule has 0 heterocycles. The Morgan fingerprint density at radius 1 is 0.354 bits per heavy atom. The minimum Gasteiger partial charge on any atom is -0.309 e. The number of rotatable bonds is 5. The van der Waals surface area contributed by atoms with Gasteiger partial charge in [0.25, 0.3) is 0 Å². The van der Waals surface area contributed by atoms with Crippen molar-refractivity contribution < 1.29 is 0 Å². The SMILES string of the molecule is CC1(C)c2cccc3ccc4cc(C=Cc5c6ccccc6c(N(c6ccccc6)c6ccc7c(c6)-c6ccccc6C76c7ccccc7-c7ccccc76)c6ccccc56)cc1c4c23. The molecule has 11 aromatic carbocycles. The highest BCUT2D eigenvalue weighted by Gasteiger charge is 2.51. The molecule has 0 bridgehead atoms. The number of nitrogens with zero attached hydrogens (tertiary/aromatic N) is 1. The molecule has 3 aliphatic carbocycles. The van der Waals surface area contributed by atoms with Crippen molar-refractivity contribution in [1.29, 1.82) is 0 Å². The first-order valence-electron chi connectivity index (χ1n) is 22.9. The van der Waals surface area contributed by atoms with Crippen molar-refractivity contribution in [3.63, 3.8) is 0 Å². The zero-order valence-corrected chi connectivity index (χ0v) is 36.3. The van der Waals surface area contributed by atoms with E-state index in [4.69, 9.17) is 0 Å². The van der Waals surface area contributed by atoms with Gasteiger partial charge in [0.2, 0.25) is 0 Å². The monoisotopic (exact) mass is 825 g/mol. The maximum atomic E-state index is 2.51. The van der Waals surface area contributed by atoms with Crippen molar-refractivity contribution in [2.24, 2.45) is 0 Å². The summed E-state index contributed by atoms with van der Waals surface area (Å²) in [5.74, 6) is 0. The quantitative estimate of drug-likeness (QED) is 0.0949. The van der Waals surface area contributed by atoms with E-state index in [1.807, 2.05) is 0 Å². The normalized spacial score (nSPS) is 14.5. The topological polar surface area (TPSA) is 3.24 Å². The second kappa shape index (κ2) is 13.3. The van der Waals surface area contributed by atoms with Gasteiger partial charge in [-0.05, 0) is 129 Å². The molecule has 304 valence electrons. The van der Waals surface area contributed by atoms with Gasteiger partial charge in [0, 0.05) is 27.6 Å². The van der Waals surface area contributed by atoms with E-state index in [1.165, 1.54) is 116 Å². The summed E-state index contributed by atoms with van der Waals surface area (Å²) in [6, 6.07) is 79.6. The average molecular weight is 826 g/mol. The largest absolute Gasteiger partial charge is 0.309 e. The number of anilines is 3. The minimum atomic E-state index is -0.391. The molecule has 65 heavy (non-hydrogen) atoms. The van der Waals surface area contributed by atoms with E-state index in [2.05, 4.69) is 243 Å². The van der Waals surface area contributed by atoms with Crippen LogP contribution in [-0.2, 0) is 10.8 Å². The van der Waals surface area contributed by atoms with Crippen LogP contribution < -0.4 is 4.90 Å². The van der Waals surface area contributed by atoms with Gasteiger partial charge in [-0.25, -0.2) is 0 Å². The number of hydrogen-bond acceptors (Lipinski definition) is 1. The van der Waals surface area contributed by atoms with Crippen LogP contribution in [0.15, 0.2) is 212 Å². The van der Waals surface area contributed by atoms with Gasteiger partial charge in [0.05, 0.1) is 11.1 Å². The van der Waals surface area contributed by atoms with Gasteiger partial charge in [0.1, 0.15) is 0 Å². The van der Waals surface area contributed by atoms with Crippen molar-refractivity contribution in [3.8, 4) is 22.3 Å². The molecular formula is C64H43N. The van der Waals surface area contributed by atoms with Crippen LogP contribution in [0.1, 0.15) is 58.4 Å². The Balaban J connectivity index is 0.978. The van der Waals surface area contributed by atoms with E-state index < -0.39 is 5.41 Å². The lowest BCUT2D eigenvalue weighted by Gasteiger charge is -2.32. The van der Waals surface area contributed by atoms with Gasteiger partial charge in [0.15, 0.2) is 0 Å². The molecule has 3 aliphatic rings. The Hall–Kier alpha value is -8.00. The summed E-state index contributed by atoms with van der Waals surface area (Å²) in [4.78, 5) is 2.51. The summed E-state index contributed by atoms with van der Waals surface area (Å²) in [6.07, 6.45) is 4.71. The van der Waals surface area contributed by atoms with Gasteiger partial charge < -0.3 is 4.90 Å². The van der Waals surface area contributed by atoms with E-state index in [9.17, 15) is 0 Å². The zero-order chi connectivity index (χ0) is 43.0. The summed E-state index contributed by atoms with van der Waals surface area (Å²) in [7, 11) is 0. The molecule has 0 N–H and O–H groups in total. The number of fused-ring (bicyclic) bond motifs is 12. The third-order valence-corrected chi connectivity index (χ3v) is 15.2. The van der Waals surface area contributed by atoms with Crippen molar-refractivity contribution >= 4 is 72.3 Å². The highest BCUT2D eigenvalue weighted by Crippen LogP contribution is 2.63. The highest BCUT2D eigenvalue weighted by molar-refractivity contribution is 6.20. The van der Waals surface area contributed by atoms with Crippen molar-refractivity contribution in [2.75, 3.05) is 4.90 Å². The predicted molar refractivity (Wildman–Crippen MR) is 275 cm³/mol. The van der Waals surface area contributed by atoms with E-state index in [-0.39, 0.29) is 5.41 Å². The van der Waals surface area contributed by atoms with Crippen molar-refractivity contribution in [3.05, 3.63) is 257 Å². The molecule has 0 radical (unpaired) electrons. The number of para-hydroxylation sites is 1. The van der Waals surface area contributed by atoms with Crippen LogP contribution in [0.3, 0.4) is 0 Å². The molecule has 1 nitrogen and oxygen atoms in total. The summed E-state index contributed by atoms with van der Waals surface area (Å²) in [5.41, 5.74) is 18.9. The first kappa shape index (κ1) is 36.5. The Labute approximate surface area is 379 Å². The molecule has 0 saturated carbocycles. The Morgan fingerprint density at radius 3 is 1.54 bits per heavy atom. The maximum Gasteiger partial charge on any atom is 0.0725 e. The van der Waals surface area contributed by atoms with Crippen LogP contribution >= 0.6 is 0 Å². The van der Waals surface area contributed by atoms with Crippen molar-refractivity contribution in [1.82, 2.24) is 0 Å². The van der Waals surface area contributed by atoms with E-state index in [0.29, 0.717) is 0 Å². The molecule has 0 amide bonds. The summed E-state index contributed by atoms with van der Waals surface area (Å²) in [5, 5.41) is 10.3. The third kappa shape index (κ3) is 4.82. The Morgan fingerprint density at radius 2 is 0.877 bits per heavy atom. The molecule has 0 aromatic heterocycles. The zero-order valence-electron chi connectivity index (χ0n) is 36.3. The van der Waals surface area contributed by atoms with Gasteiger partial charge in [-0.3, -0.25) is 0 Å². The maximum absolute atomic E-state index is 2.51. The van der Waals surface area contributed by atoms with E-state index in [1.54, 1.807) is 0 Å². The average Bonchev–Trinajstić information content (AvgIpc) is 3.92. The van der Waals surface area contributed by atoms with Gasteiger partial charge in [-0.2, -0.15) is 0 Å². The van der Waals surface area contributed by atoms with Crippen LogP contribution in [0, 0.1) is 0 Å². The van der Waals surface area contributed by atoms with Gasteiger partial charge in [-0.15, -0.1) is 0 Å². The van der Waals surface area contributed by atoms with Gasteiger partial charge >= 0.3 is 0 Å². The second-order valence-corrected chi connectivity index (χ2v) is 18.7. The lowest BCUT2D eigenvalue weighted by atomic mass is 9.70. The molecule has 0 fully saturated rings. The molecule has 0 atom stereocenters. The molecule has 0 unspecified atom stereocenters. The van der Waals surface area contributed by atoms with Gasteiger partial charge in [-0.1, -0.05) is 208 Å². The number of benzene rings is 11. The summed E-state index contributed by atoms with van der Waals surface area (Å²) < 4.78 is 0. The van der Waals surface area contributed by atoms with Crippen LogP contribution in [-0.4, -0.2) is 0 Å². The first-order chi connectivity index (χ1) is 32.0. The number of hydrogen-bond donors (Lipinski definition) is 0. The summed E-state index contributed by atoms with van der Waals surface area (Å²) in [6.45, 7) is 4.76.